The highest BCUT2D eigenvalue weighted by Crippen LogP contribution is 2.65. The molecule has 14 heteroatoms. The van der Waals surface area contributed by atoms with Crippen LogP contribution in [0.15, 0.2) is 49.8 Å². The van der Waals surface area contributed by atoms with Gasteiger partial charge in [-0.15, -0.1) is 0 Å². The van der Waals surface area contributed by atoms with E-state index in [1.807, 2.05) is 59.7 Å². The number of rotatable bonds is 18. The van der Waals surface area contributed by atoms with Gasteiger partial charge in [-0.2, -0.15) is 0 Å². The summed E-state index contributed by atoms with van der Waals surface area (Å²) in [6, 6.07) is 10.7. The number of aromatic nitrogens is 3. The third kappa shape index (κ3) is 8.41. The lowest BCUT2D eigenvalue weighted by Crippen LogP contribution is -2.37. The molecule has 0 aliphatic heterocycles. The van der Waals surface area contributed by atoms with E-state index in [-0.39, 0.29) is 0 Å². The second kappa shape index (κ2) is 16.9. The minimum absolute atomic E-state index is 0.386. The number of hydrogen-bond donors (Lipinski definition) is 0. The van der Waals surface area contributed by atoms with Gasteiger partial charge in [0.05, 0.1) is 38.4 Å². The average Bonchev–Trinajstić information content (AvgIpc) is 3.09. The number of phosphoric acid groups is 1. The summed E-state index contributed by atoms with van der Waals surface area (Å²) in [6.07, 6.45) is 2.32. The molecular weight excluding hydrogens is 821 g/mol. The fraction of sp³-hybridized carbons (Fsp3) is 0.545. The van der Waals surface area contributed by atoms with Crippen LogP contribution >= 0.6 is 55.6 Å². The van der Waals surface area contributed by atoms with Crippen LogP contribution in [0.3, 0.4) is 0 Å². The molecule has 0 saturated heterocycles. The molecule has 0 bridgehead atoms. The Morgan fingerprint density at radius 3 is 0.936 bits per heavy atom. The summed E-state index contributed by atoms with van der Waals surface area (Å²) in [6.45, 7) is 11.7. The van der Waals surface area contributed by atoms with Gasteiger partial charge in [-0.05, 0) is 105 Å². The molecule has 0 atom stereocenters. The summed E-state index contributed by atoms with van der Waals surface area (Å²) in [7, 11) is 0.0200. The fourth-order valence-electron chi connectivity index (χ4n) is 5.54. The quantitative estimate of drug-likeness (QED) is 0.115. The van der Waals surface area contributed by atoms with E-state index in [9.17, 15) is 0 Å². The van der Waals surface area contributed by atoms with E-state index in [0.717, 1.165) is 0 Å². The smallest absolute Gasteiger partial charge is 0.477 e. The average molecular weight is 866 g/mol. The standard InChI is InChI=1S/C33H45Br3N3O7P/c1-10-31(11-2,28-22(34)16-19-25(37-28)41-7)44-47(40,45-32(12-3,13-4)29-23(35)17-20-26(38-29)42-8)46-33(14-5,15-6)30-24(36)18-21-27(39-30)43-9/h16-21H,10-15H2,1-9H3. The van der Waals surface area contributed by atoms with Crippen molar-refractivity contribution in [3.8, 4) is 17.6 Å². The molecule has 0 saturated carbocycles. The van der Waals surface area contributed by atoms with Crippen LogP contribution in [0.1, 0.15) is 97.1 Å². The van der Waals surface area contributed by atoms with Crippen molar-refractivity contribution in [2.45, 2.75) is 96.9 Å². The molecule has 3 rings (SSSR count). The van der Waals surface area contributed by atoms with Gasteiger partial charge in [-0.25, -0.2) is 19.5 Å². The lowest BCUT2D eigenvalue weighted by Gasteiger charge is -2.43. The maximum Gasteiger partial charge on any atom is 0.477 e. The van der Waals surface area contributed by atoms with Gasteiger partial charge in [0.2, 0.25) is 17.6 Å². The molecule has 3 heterocycles. The molecule has 0 aromatic carbocycles. The maximum absolute atomic E-state index is 15.8. The van der Waals surface area contributed by atoms with Gasteiger partial charge in [-0.3, -0.25) is 13.6 Å². The van der Waals surface area contributed by atoms with Crippen molar-refractivity contribution in [1.82, 2.24) is 15.0 Å². The minimum atomic E-state index is -4.61. The number of pyridine rings is 3. The Hall–Kier alpha value is -1.60. The summed E-state index contributed by atoms with van der Waals surface area (Å²) >= 11 is 11.0. The molecule has 260 valence electrons. The molecule has 10 nitrogen and oxygen atoms in total. The molecule has 0 fully saturated rings. The Labute approximate surface area is 304 Å². The first-order valence-corrected chi connectivity index (χ1v) is 19.5. The van der Waals surface area contributed by atoms with Crippen LogP contribution in [0, 0.1) is 0 Å². The largest absolute Gasteiger partial charge is 0.481 e. The molecule has 0 aliphatic rings. The molecule has 47 heavy (non-hydrogen) atoms. The van der Waals surface area contributed by atoms with Gasteiger partial charge in [0.1, 0.15) is 16.8 Å². The summed E-state index contributed by atoms with van der Waals surface area (Å²) in [5.74, 6) is 1.16. The Bertz CT molecular complexity index is 1370. The fourth-order valence-corrected chi connectivity index (χ4v) is 9.72. The normalized spacial score (nSPS) is 12.7. The van der Waals surface area contributed by atoms with Crippen molar-refractivity contribution in [2.75, 3.05) is 21.3 Å². The first kappa shape index (κ1) is 39.8. The van der Waals surface area contributed by atoms with Crippen molar-refractivity contribution in [2.24, 2.45) is 0 Å². The van der Waals surface area contributed by atoms with Crippen molar-refractivity contribution in [1.29, 1.82) is 0 Å². The SMILES string of the molecule is CCC(CC)(OP(=O)(OC(CC)(CC)c1nc(OC)ccc1Br)OC(CC)(CC)c1nc(OC)ccc1Br)c1nc(OC)ccc1Br. The van der Waals surface area contributed by atoms with Crippen LogP contribution in [-0.2, 0) is 34.9 Å². The highest BCUT2D eigenvalue weighted by atomic mass is 79.9. The molecule has 3 aromatic heterocycles. The summed E-state index contributed by atoms with van der Waals surface area (Å²) in [5, 5.41) is 0. The maximum atomic E-state index is 15.8. The highest BCUT2D eigenvalue weighted by Gasteiger charge is 2.53. The van der Waals surface area contributed by atoms with E-state index >= 15 is 4.57 Å². The zero-order valence-electron chi connectivity index (χ0n) is 28.5. The molecule has 0 aliphatic carbocycles. The van der Waals surface area contributed by atoms with Gasteiger partial charge in [0, 0.05) is 31.6 Å². The van der Waals surface area contributed by atoms with E-state index in [2.05, 4.69) is 47.8 Å². The topological polar surface area (TPSA) is 111 Å². The van der Waals surface area contributed by atoms with Crippen LogP contribution in [0.5, 0.6) is 17.6 Å². The molecular formula is C33H45Br3N3O7P. The predicted octanol–water partition coefficient (Wildman–Crippen LogP) is 10.8. The molecule has 3 aromatic rings. The number of halogens is 3. The van der Waals surface area contributed by atoms with Gasteiger partial charge < -0.3 is 14.2 Å². The highest BCUT2D eigenvalue weighted by molar-refractivity contribution is 9.11. The lowest BCUT2D eigenvalue weighted by molar-refractivity contribution is -0.0854. The number of methoxy groups -OCH3 is 3. The first-order chi connectivity index (χ1) is 22.3. The molecule has 0 unspecified atom stereocenters. The third-order valence-electron chi connectivity index (χ3n) is 8.67. The first-order valence-electron chi connectivity index (χ1n) is 15.7. The van der Waals surface area contributed by atoms with Crippen molar-refractivity contribution in [3.05, 3.63) is 66.9 Å². The van der Waals surface area contributed by atoms with Crippen LogP contribution in [-0.4, -0.2) is 36.3 Å². The Morgan fingerprint density at radius 2 is 0.745 bits per heavy atom. The van der Waals surface area contributed by atoms with Gasteiger partial charge in [-0.1, -0.05) is 41.5 Å². The number of hydrogen-bond acceptors (Lipinski definition) is 10. The van der Waals surface area contributed by atoms with Crippen LogP contribution in [0.4, 0.5) is 0 Å². The second-order valence-corrected chi connectivity index (χ2v) is 14.9. The number of ether oxygens (including phenoxy) is 3. The van der Waals surface area contributed by atoms with Crippen molar-refractivity contribution < 1.29 is 32.3 Å². The molecule has 0 radical (unpaired) electrons. The monoisotopic (exact) mass is 863 g/mol. The van der Waals surface area contributed by atoms with E-state index in [1.54, 1.807) is 39.5 Å². The molecule has 0 amide bonds. The summed E-state index contributed by atoms with van der Waals surface area (Å²) < 4.78 is 54.8. The van der Waals surface area contributed by atoms with Crippen LogP contribution in [0.2, 0.25) is 0 Å². The Kier molecular flexibility index (Phi) is 14.3. The molecule has 0 N–H and O–H groups in total. The second-order valence-electron chi connectivity index (χ2n) is 10.9. The third-order valence-corrected chi connectivity index (χ3v) is 12.3. The van der Waals surface area contributed by atoms with Gasteiger partial charge in [0.15, 0.2) is 0 Å². The Balaban J connectivity index is 2.37. The molecule has 0 spiro atoms. The van der Waals surface area contributed by atoms with Crippen LogP contribution < -0.4 is 14.2 Å². The zero-order chi connectivity index (χ0) is 35.0. The zero-order valence-corrected chi connectivity index (χ0v) is 34.1. The number of nitrogens with zero attached hydrogens (tertiary/aromatic N) is 3. The van der Waals surface area contributed by atoms with Crippen molar-refractivity contribution >= 4 is 55.6 Å². The van der Waals surface area contributed by atoms with Gasteiger partial charge >= 0.3 is 7.82 Å². The van der Waals surface area contributed by atoms with Crippen molar-refractivity contribution in [3.63, 3.8) is 0 Å². The van der Waals surface area contributed by atoms with E-state index in [1.165, 1.54) is 0 Å². The van der Waals surface area contributed by atoms with Crippen LogP contribution in [0.25, 0.3) is 0 Å². The van der Waals surface area contributed by atoms with Gasteiger partial charge in [0.25, 0.3) is 0 Å². The lowest BCUT2D eigenvalue weighted by atomic mass is 9.93. The summed E-state index contributed by atoms with van der Waals surface area (Å²) in [5.41, 5.74) is -2.14. The number of phosphoric ester groups is 1. The summed E-state index contributed by atoms with van der Waals surface area (Å²) in [4.78, 5) is 14.3. The van der Waals surface area contributed by atoms with E-state index < -0.39 is 24.6 Å². The van der Waals surface area contributed by atoms with E-state index in [0.29, 0.717) is 86.7 Å². The predicted molar refractivity (Wildman–Crippen MR) is 193 cm³/mol. The van der Waals surface area contributed by atoms with E-state index in [4.69, 9.17) is 42.7 Å². The Morgan fingerprint density at radius 1 is 0.511 bits per heavy atom. The minimum Gasteiger partial charge on any atom is -0.481 e.